The van der Waals surface area contributed by atoms with Gasteiger partial charge in [-0.1, -0.05) is 28.1 Å². The van der Waals surface area contributed by atoms with Gasteiger partial charge in [-0.3, -0.25) is 15.0 Å². The van der Waals surface area contributed by atoms with Gasteiger partial charge in [0.1, 0.15) is 0 Å². The van der Waals surface area contributed by atoms with Crippen LogP contribution in [-0.4, -0.2) is 43.5 Å². The van der Waals surface area contributed by atoms with E-state index in [4.69, 9.17) is 0 Å². The van der Waals surface area contributed by atoms with Gasteiger partial charge in [-0.05, 0) is 38.1 Å². The first kappa shape index (κ1) is 16.7. The molecule has 0 saturated carbocycles. The summed E-state index contributed by atoms with van der Waals surface area (Å²) in [6.07, 6.45) is 0.849. The summed E-state index contributed by atoms with van der Waals surface area (Å²) < 4.78 is 1.05. The van der Waals surface area contributed by atoms with Crippen LogP contribution >= 0.6 is 15.9 Å². The lowest BCUT2D eigenvalue weighted by Crippen LogP contribution is -2.48. The van der Waals surface area contributed by atoms with E-state index < -0.39 is 6.03 Å². The summed E-state index contributed by atoms with van der Waals surface area (Å²) in [6, 6.07) is 7.25. The molecule has 0 bridgehead atoms. The van der Waals surface area contributed by atoms with Crippen LogP contribution in [-0.2, 0) is 11.2 Å². The third kappa shape index (κ3) is 5.30. The molecule has 1 rings (SSSR count). The normalized spacial score (nSPS) is 12.1. The lowest BCUT2D eigenvalue weighted by Gasteiger charge is -2.23. The van der Waals surface area contributed by atoms with Crippen LogP contribution in [0.25, 0.3) is 0 Å². The van der Waals surface area contributed by atoms with Crippen molar-refractivity contribution in [1.82, 2.24) is 15.5 Å². The average Bonchev–Trinajstić information content (AvgIpc) is 2.45. The summed E-state index contributed by atoms with van der Waals surface area (Å²) in [4.78, 5) is 24.8. The zero-order chi connectivity index (χ0) is 15.1. The van der Waals surface area contributed by atoms with E-state index in [0.29, 0.717) is 0 Å². The first-order chi connectivity index (χ1) is 9.43. The van der Waals surface area contributed by atoms with Gasteiger partial charge < -0.3 is 5.32 Å². The summed E-state index contributed by atoms with van der Waals surface area (Å²) in [5.41, 5.74) is 1.21. The zero-order valence-electron chi connectivity index (χ0n) is 11.9. The first-order valence-corrected chi connectivity index (χ1v) is 7.20. The molecule has 0 fully saturated rings. The fourth-order valence-corrected chi connectivity index (χ4v) is 1.89. The Kier molecular flexibility index (Phi) is 6.67. The number of rotatable bonds is 5. The maximum atomic E-state index is 11.8. The SMILES string of the molecule is CNC(=O)NC(=O)[C@H](C)N(C)CCc1ccc(Br)cc1. The standard InChI is InChI=1S/C14H20BrN3O2/c1-10(13(19)17-14(20)16-2)18(3)9-8-11-4-6-12(15)7-5-11/h4-7,10H,8-9H2,1-3H3,(H2,16,17,19,20)/t10-/m0/s1. The number of carbonyl (C=O) groups excluding carboxylic acids is 2. The Hall–Kier alpha value is -1.40. The Morgan fingerprint density at radius 2 is 1.90 bits per heavy atom. The van der Waals surface area contributed by atoms with Gasteiger partial charge in [0, 0.05) is 18.1 Å². The van der Waals surface area contributed by atoms with Crippen LogP contribution in [0.2, 0.25) is 0 Å². The number of likely N-dealkylation sites (N-methyl/N-ethyl adjacent to an activating group) is 1. The first-order valence-electron chi connectivity index (χ1n) is 6.41. The minimum atomic E-state index is -0.483. The van der Waals surface area contributed by atoms with Crippen molar-refractivity contribution in [1.29, 1.82) is 0 Å². The molecule has 1 aromatic rings. The predicted octanol–water partition coefficient (Wildman–Crippen LogP) is 1.77. The highest BCUT2D eigenvalue weighted by atomic mass is 79.9. The number of benzene rings is 1. The molecule has 20 heavy (non-hydrogen) atoms. The summed E-state index contributed by atoms with van der Waals surface area (Å²) in [5, 5.41) is 4.64. The van der Waals surface area contributed by atoms with Gasteiger partial charge in [0.05, 0.1) is 6.04 Å². The molecule has 0 aliphatic carbocycles. The lowest BCUT2D eigenvalue weighted by atomic mass is 10.1. The molecule has 0 heterocycles. The van der Waals surface area contributed by atoms with Gasteiger partial charge in [-0.2, -0.15) is 0 Å². The summed E-state index contributed by atoms with van der Waals surface area (Å²) >= 11 is 3.40. The topological polar surface area (TPSA) is 61.4 Å². The predicted molar refractivity (Wildman–Crippen MR) is 82.5 cm³/mol. The number of nitrogens with one attached hydrogen (secondary N) is 2. The van der Waals surface area contributed by atoms with Crippen LogP contribution in [0.1, 0.15) is 12.5 Å². The van der Waals surface area contributed by atoms with Crippen LogP contribution in [0.15, 0.2) is 28.7 Å². The molecule has 0 aliphatic heterocycles. The number of hydrogen-bond donors (Lipinski definition) is 2. The molecule has 0 unspecified atom stereocenters. The van der Waals surface area contributed by atoms with Crippen molar-refractivity contribution in [3.63, 3.8) is 0 Å². The second kappa shape index (κ2) is 8.01. The molecule has 1 atom stereocenters. The van der Waals surface area contributed by atoms with Crippen molar-refractivity contribution < 1.29 is 9.59 Å². The molecule has 5 nitrogen and oxygen atoms in total. The van der Waals surface area contributed by atoms with Crippen molar-refractivity contribution in [3.05, 3.63) is 34.3 Å². The number of carbonyl (C=O) groups is 2. The van der Waals surface area contributed by atoms with Crippen LogP contribution in [0.4, 0.5) is 4.79 Å². The number of imide groups is 1. The highest BCUT2D eigenvalue weighted by molar-refractivity contribution is 9.10. The quantitative estimate of drug-likeness (QED) is 0.857. The monoisotopic (exact) mass is 341 g/mol. The van der Waals surface area contributed by atoms with E-state index in [9.17, 15) is 9.59 Å². The molecule has 0 saturated heterocycles. The van der Waals surface area contributed by atoms with Gasteiger partial charge >= 0.3 is 6.03 Å². The van der Waals surface area contributed by atoms with E-state index in [1.165, 1.54) is 12.6 Å². The molecule has 0 aromatic heterocycles. The highest BCUT2D eigenvalue weighted by Gasteiger charge is 2.19. The Bertz CT molecular complexity index is 462. The van der Waals surface area contributed by atoms with E-state index >= 15 is 0 Å². The Labute approximate surface area is 127 Å². The smallest absolute Gasteiger partial charge is 0.321 e. The number of halogens is 1. The minimum absolute atomic E-state index is 0.303. The highest BCUT2D eigenvalue weighted by Crippen LogP contribution is 2.11. The number of nitrogens with zero attached hydrogens (tertiary/aromatic N) is 1. The second-order valence-corrected chi connectivity index (χ2v) is 5.52. The fraction of sp³-hybridized carbons (Fsp3) is 0.429. The molecule has 110 valence electrons. The minimum Gasteiger partial charge on any atom is -0.341 e. The average molecular weight is 342 g/mol. The third-order valence-corrected chi connectivity index (χ3v) is 3.70. The Morgan fingerprint density at radius 1 is 1.30 bits per heavy atom. The zero-order valence-corrected chi connectivity index (χ0v) is 13.5. The lowest BCUT2D eigenvalue weighted by molar-refractivity contribution is -0.124. The van der Waals surface area contributed by atoms with Crippen molar-refractivity contribution in [2.45, 2.75) is 19.4 Å². The van der Waals surface area contributed by atoms with Crippen molar-refractivity contribution in [3.8, 4) is 0 Å². The maximum absolute atomic E-state index is 11.8. The molecule has 3 amide bonds. The molecule has 0 spiro atoms. The molecule has 1 aromatic carbocycles. The fourth-order valence-electron chi connectivity index (χ4n) is 1.63. The van der Waals surface area contributed by atoms with Crippen LogP contribution in [0.5, 0.6) is 0 Å². The Morgan fingerprint density at radius 3 is 2.45 bits per heavy atom. The Balaban J connectivity index is 2.45. The molecule has 0 radical (unpaired) electrons. The second-order valence-electron chi connectivity index (χ2n) is 4.60. The summed E-state index contributed by atoms with van der Waals surface area (Å²) in [5.74, 6) is -0.303. The van der Waals surface area contributed by atoms with Gasteiger partial charge in [-0.25, -0.2) is 4.79 Å². The van der Waals surface area contributed by atoms with Gasteiger partial charge in [-0.15, -0.1) is 0 Å². The summed E-state index contributed by atoms with van der Waals surface area (Å²) in [6.45, 7) is 2.52. The third-order valence-electron chi connectivity index (χ3n) is 3.17. The van der Waals surface area contributed by atoms with Gasteiger partial charge in [0.2, 0.25) is 5.91 Å². The molecule has 6 heteroatoms. The van der Waals surface area contributed by atoms with E-state index in [-0.39, 0.29) is 11.9 Å². The number of urea groups is 1. The van der Waals surface area contributed by atoms with Crippen molar-refractivity contribution in [2.24, 2.45) is 0 Å². The largest absolute Gasteiger partial charge is 0.341 e. The van der Waals surface area contributed by atoms with Crippen molar-refractivity contribution in [2.75, 3.05) is 20.6 Å². The van der Waals surface area contributed by atoms with E-state index in [1.807, 2.05) is 36.2 Å². The van der Waals surface area contributed by atoms with Crippen LogP contribution in [0.3, 0.4) is 0 Å². The molecule has 0 aliphatic rings. The van der Waals surface area contributed by atoms with Crippen LogP contribution < -0.4 is 10.6 Å². The van der Waals surface area contributed by atoms with E-state index in [2.05, 4.69) is 26.6 Å². The van der Waals surface area contributed by atoms with Crippen molar-refractivity contribution >= 4 is 27.9 Å². The molecular formula is C14H20BrN3O2. The van der Waals surface area contributed by atoms with E-state index in [0.717, 1.165) is 17.4 Å². The number of hydrogen-bond acceptors (Lipinski definition) is 3. The molecular weight excluding hydrogens is 322 g/mol. The van der Waals surface area contributed by atoms with Gasteiger partial charge in [0.15, 0.2) is 0 Å². The maximum Gasteiger partial charge on any atom is 0.321 e. The van der Waals surface area contributed by atoms with E-state index in [1.54, 1.807) is 6.92 Å². The van der Waals surface area contributed by atoms with Crippen LogP contribution in [0, 0.1) is 0 Å². The van der Waals surface area contributed by atoms with Gasteiger partial charge in [0.25, 0.3) is 0 Å². The summed E-state index contributed by atoms with van der Waals surface area (Å²) in [7, 11) is 3.34. The molecule has 2 N–H and O–H groups in total. The number of amides is 3.